The third-order valence-corrected chi connectivity index (χ3v) is 2.27. The Morgan fingerprint density at radius 1 is 1.50 bits per heavy atom. The lowest BCUT2D eigenvalue weighted by molar-refractivity contribution is -0.132. The average Bonchev–Trinajstić information content (AvgIpc) is 2.59. The van der Waals surface area contributed by atoms with Crippen molar-refractivity contribution < 1.29 is 9.18 Å². The van der Waals surface area contributed by atoms with Crippen LogP contribution in [0.5, 0.6) is 0 Å². The molecular formula is C9H9FN2O2. The Morgan fingerprint density at radius 3 is 3.00 bits per heavy atom. The number of alkyl halides is 1. The molecule has 0 unspecified atom stereocenters. The molecule has 1 aromatic rings. The first-order valence-corrected chi connectivity index (χ1v) is 4.25. The molecule has 0 atom stereocenters. The summed E-state index contributed by atoms with van der Waals surface area (Å²) in [6.45, 7) is -0.304. The molecule has 0 fully saturated rings. The van der Waals surface area contributed by atoms with Gasteiger partial charge in [0.15, 0.2) is 6.67 Å². The number of hydrogen-bond acceptors (Lipinski definition) is 2. The first-order chi connectivity index (χ1) is 6.70. The Balaban J connectivity index is 2.26. The summed E-state index contributed by atoms with van der Waals surface area (Å²) in [5, 5.41) is 0. The van der Waals surface area contributed by atoms with E-state index in [1.807, 2.05) is 0 Å². The Bertz CT molecular complexity index is 427. The van der Waals surface area contributed by atoms with Crippen LogP contribution in [-0.4, -0.2) is 22.5 Å². The van der Waals surface area contributed by atoms with E-state index in [1.54, 1.807) is 6.07 Å². The van der Waals surface area contributed by atoms with E-state index in [1.165, 1.54) is 11.0 Å². The van der Waals surface area contributed by atoms with Crippen molar-refractivity contribution in [2.24, 2.45) is 0 Å². The molecule has 0 saturated carbocycles. The van der Waals surface area contributed by atoms with Crippen molar-refractivity contribution in [2.75, 3.05) is 6.67 Å². The molecule has 0 saturated heterocycles. The predicted molar refractivity (Wildman–Crippen MR) is 47.3 cm³/mol. The molecule has 5 heteroatoms. The van der Waals surface area contributed by atoms with E-state index < -0.39 is 12.6 Å². The van der Waals surface area contributed by atoms with Gasteiger partial charge in [-0.15, -0.1) is 0 Å². The van der Waals surface area contributed by atoms with Crippen molar-refractivity contribution in [3.63, 3.8) is 0 Å². The van der Waals surface area contributed by atoms with E-state index >= 15 is 0 Å². The number of fused-ring (bicyclic) bond motifs is 1. The predicted octanol–water partition coefficient (Wildman–Crippen LogP) is 0.187. The minimum atomic E-state index is -0.988. The van der Waals surface area contributed by atoms with Crippen LogP contribution in [0.1, 0.15) is 11.3 Å². The van der Waals surface area contributed by atoms with E-state index in [9.17, 15) is 14.0 Å². The zero-order chi connectivity index (χ0) is 10.1. The van der Waals surface area contributed by atoms with Crippen LogP contribution in [0.2, 0.25) is 0 Å². The van der Waals surface area contributed by atoms with Gasteiger partial charge in [0, 0.05) is 18.3 Å². The molecule has 4 nitrogen and oxygen atoms in total. The lowest BCUT2D eigenvalue weighted by Crippen LogP contribution is -2.26. The number of carbonyl (C=O) groups is 1. The normalized spacial score (nSPS) is 14.2. The minimum absolute atomic E-state index is 0.196. The van der Waals surface area contributed by atoms with Crippen molar-refractivity contribution in [2.45, 2.75) is 13.1 Å². The lowest BCUT2D eigenvalue weighted by atomic mass is 10.2. The van der Waals surface area contributed by atoms with Gasteiger partial charge in [-0.05, 0) is 11.6 Å². The standard InChI is InChI=1S/C9H9FN2O2/c10-3-9(14)12-4-6-1-2-8(13)11-7(6)5-12/h1-2H,3-5H2,(H,11,13). The lowest BCUT2D eigenvalue weighted by Gasteiger charge is -2.11. The van der Waals surface area contributed by atoms with Gasteiger partial charge in [-0.3, -0.25) is 9.59 Å². The molecule has 1 N–H and O–H groups in total. The number of nitrogens with one attached hydrogen (secondary N) is 1. The molecule has 14 heavy (non-hydrogen) atoms. The first kappa shape index (κ1) is 8.93. The van der Waals surface area contributed by atoms with Gasteiger partial charge in [-0.1, -0.05) is 0 Å². The minimum Gasteiger partial charge on any atom is -0.330 e. The van der Waals surface area contributed by atoms with E-state index in [4.69, 9.17) is 0 Å². The van der Waals surface area contributed by atoms with Gasteiger partial charge in [0.1, 0.15) is 0 Å². The summed E-state index contributed by atoms with van der Waals surface area (Å²) >= 11 is 0. The maximum absolute atomic E-state index is 12.1. The van der Waals surface area contributed by atoms with Gasteiger partial charge in [0.05, 0.1) is 6.54 Å². The second-order valence-electron chi connectivity index (χ2n) is 3.21. The molecule has 0 bridgehead atoms. The molecule has 0 aliphatic carbocycles. The van der Waals surface area contributed by atoms with Gasteiger partial charge in [0.2, 0.25) is 5.56 Å². The number of H-pyrrole nitrogens is 1. The quantitative estimate of drug-likeness (QED) is 0.697. The molecule has 2 heterocycles. The van der Waals surface area contributed by atoms with E-state index in [2.05, 4.69) is 4.98 Å². The van der Waals surface area contributed by atoms with Gasteiger partial charge >= 0.3 is 0 Å². The molecule has 1 aliphatic heterocycles. The number of rotatable bonds is 1. The van der Waals surface area contributed by atoms with Crippen LogP contribution in [0.3, 0.4) is 0 Å². The number of aromatic amines is 1. The van der Waals surface area contributed by atoms with Crippen molar-refractivity contribution in [3.05, 3.63) is 33.7 Å². The summed E-state index contributed by atoms with van der Waals surface area (Å²) in [5.41, 5.74) is 1.39. The van der Waals surface area contributed by atoms with Crippen LogP contribution in [0.15, 0.2) is 16.9 Å². The SMILES string of the molecule is O=C(CF)N1Cc2ccc(=O)[nH]c2C1. The summed E-state index contributed by atoms with van der Waals surface area (Å²) in [4.78, 5) is 26.0. The van der Waals surface area contributed by atoms with Crippen LogP contribution >= 0.6 is 0 Å². The van der Waals surface area contributed by atoms with Gasteiger partial charge < -0.3 is 9.88 Å². The molecule has 1 aliphatic rings. The molecule has 1 aromatic heterocycles. The molecule has 1 amide bonds. The van der Waals surface area contributed by atoms with Crippen LogP contribution in [0.25, 0.3) is 0 Å². The fraction of sp³-hybridized carbons (Fsp3) is 0.333. The number of halogens is 1. The topological polar surface area (TPSA) is 53.2 Å². The Hall–Kier alpha value is -1.65. The van der Waals surface area contributed by atoms with Gasteiger partial charge in [0.25, 0.3) is 5.91 Å². The van der Waals surface area contributed by atoms with Crippen LogP contribution < -0.4 is 5.56 Å². The third-order valence-electron chi connectivity index (χ3n) is 2.27. The number of pyridine rings is 1. The number of nitrogens with zero attached hydrogens (tertiary/aromatic N) is 1. The summed E-state index contributed by atoms with van der Waals surface area (Å²) in [6.07, 6.45) is 0. The second kappa shape index (κ2) is 3.25. The highest BCUT2D eigenvalue weighted by molar-refractivity contribution is 5.77. The Morgan fingerprint density at radius 2 is 2.29 bits per heavy atom. The van der Waals surface area contributed by atoms with E-state index in [-0.39, 0.29) is 5.56 Å². The van der Waals surface area contributed by atoms with Crippen molar-refractivity contribution in [1.29, 1.82) is 0 Å². The van der Waals surface area contributed by atoms with Gasteiger partial charge in [-0.25, -0.2) is 4.39 Å². The Kier molecular flexibility index (Phi) is 2.07. The summed E-state index contributed by atoms with van der Waals surface area (Å²) in [6, 6.07) is 3.07. The molecule has 2 rings (SSSR count). The van der Waals surface area contributed by atoms with Gasteiger partial charge in [-0.2, -0.15) is 0 Å². The van der Waals surface area contributed by atoms with Crippen molar-refractivity contribution in [1.82, 2.24) is 9.88 Å². The summed E-state index contributed by atoms with van der Waals surface area (Å²) in [5.74, 6) is -0.540. The molecule has 74 valence electrons. The van der Waals surface area contributed by atoms with Crippen LogP contribution in [0.4, 0.5) is 4.39 Å². The highest BCUT2D eigenvalue weighted by Crippen LogP contribution is 2.18. The summed E-state index contributed by atoms with van der Waals surface area (Å²) in [7, 11) is 0. The molecular weight excluding hydrogens is 187 g/mol. The maximum atomic E-state index is 12.1. The number of aromatic nitrogens is 1. The maximum Gasteiger partial charge on any atom is 0.254 e. The largest absolute Gasteiger partial charge is 0.330 e. The zero-order valence-corrected chi connectivity index (χ0v) is 7.42. The molecule has 0 radical (unpaired) electrons. The zero-order valence-electron chi connectivity index (χ0n) is 7.42. The molecule has 0 spiro atoms. The van der Waals surface area contributed by atoms with E-state index in [0.29, 0.717) is 18.8 Å². The number of hydrogen-bond donors (Lipinski definition) is 1. The van der Waals surface area contributed by atoms with Crippen molar-refractivity contribution in [3.8, 4) is 0 Å². The highest BCUT2D eigenvalue weighted by Gasteiger charge is 2.23. The summed E-state index contributed by atoms with van der Waals surface area (Å²) < 4.78 is 12.1. The Labute approximate surface area is 79.4 Å². The second-order valence-corrected chi connectivity index (χ2v) is 3.21. The fourth-order valence-corrected chi connectivity index (χ4v) is 1.55. The average molecular weight is 196 g/mol. The van der Waals surface area contributed by atoms with Crippen LogP contribution in [-0.2, 0) is 17.9 Å². The fourth-order valence-electron chi connectivity index (χ4n) is 1.55. The molecule has 0 aromatic carbocycles. The monoisotopic (exact) mass is 196 g/mol. The number of amides is 1. The highest BCUT2D eigenvalue weighted by atomic mass is 19.1. The smallest absolute Gasteiger partial charge is 0.254 e. The number of carbonyl (C=O) groups excluding carboxylic acids is 1. The van der Waals surface area contributed by atoms with Crippen LogP contribution in [0, 0.1) is 0 Å². The third kappa shape index (κ3) is 1.41. The van der Waals surface area contributed by atoms with E-state index in [0.717, 1.165) is 5.56 Å². The van der Waals surface area contributed by atoms with Crippen molar-refractivity contribution >= 4 is 5.91 Å². The first-order valence-electron chi connectivity index (χ1n) is 4.25.